The Kier molecular flexibility index (Phi) is 2.42. The predicted molar refractivity (Wildman–Crippen MR) is 62.8 cm³/mol. The highest BCUT2D eigenvalue weighted by atomic mass is 32.1. The molecule has 0 aliphatic heterocycles. The molecule has 0 unspecified atom stereocenters. The smallest absolute Gasteiger partial charge is 0.181 e. The van der Waals surface area contributed by atoms with Gasteiger partial charge in [0.1, 0.15) is 0 Å². The number of aryl methyl sites for hydroxylation is 2. The lowest BCUT2D eigenvalue weighted by Crippen LogP contribution is -1.92. The third-order valence-electron chi connectivity index (χ3n) is 2.51. The third-order valence-corrected chi connectivity index (χ3v) is 3.36. The predicted octanol–water partition coefficient (Wildman–Crippen LogP) is 3.00. The molecule has 1 heterocycles. The Hall–Kier alpha value is -1.09. The summed E-state index contributed by atoms with van der Waals surface area (Å²) in [6.45, 7) is 4.35. The summed E-state index contributed by atoms with van der Waals surface area (Å²) < 4.78 is 1.21. The maximum Gasteiger partial charge on any atom is 0.181 e. The molecule has 1 aromatic carbocycles. The molecule has 0 saturated heterocycles. The van der Waals surface area contributed by atoms with Crippen LogP contribution < -0.4 is 5.73 Å². The zero-order valence-electron chi connectivity index (χ0n) is 8.50. The maximum absolute atomic E-state index is 5.71. The van der Waals surface area contributed by atoms with Crippen LogP contribution in [0.1, 0.15) is 25.0 Å². The molecule has 3 heteroatoms. The summed E-state index contributed by atoms with van der Waals surface area (Å²) >= 11 is 1.57. The standard InChI is InChI=1S/C11H14N2S/c1-3-7-5-6-9-10(8(7)4-2)13-11(12)14-9/h5-6H,3-4H2,1-2H3,(H2,12,13). The first kappa shape index (κ1) is 9.46. The van der Waals surface area contributed by atoms with Crippen LogP contribution in [0.2, 0.25) is 0 Å². The summed E-state index contributed by atoms with van der Waals surface area (Å²) in [6.07, 6.45) is 2.10. The SMILES string of the molecule is CCc1ccc2sc(N)nc2c1CC. The number of rotatable bonds is 2. The lowest BCUT2D eigenvalue weighted by atomic mass is 10.0. The van der Waals surface area contributed by atoms with Crippen molar-refractivity contribution >= 4 is 26.7 Å². The van der Waals surface area contributed by atoms with E-state index in [0.717, 1.165) is 18.4 Å². The van der Waals surface area contributed by atoms with Gasteiger partial charge in [-0.1, -0.05) is 31.3 Å². The van der Waals surface area contributed by atoms with Crippen molar-refractivity contribution in [2.75, 3.05) is 5.73 Å². The molecule has 2 rings (SSSR count). The number of hydrogen-bond acceptors (Lipinski definition) is 3. The topological polar surface area (TPSA) is 38.9 Å². The summed E-state index contributed by atoms with van der Waals surface area (Å²) in [6, 6.07) is 4.32. The second-order valence-corrected chi connectivity index (χ2v) is 4.37. The highest BCUT2D eigenvalue weighted by Crippen LogP contribution is 2.29. The van der Waals surface area contributed by atoms with Crippen LogP contribution >= 0.6 is 11.3 Å². The molecule has 0 spiro atoms. The van der Waals surface area contributed by atoms with Gasteiger partial charge in [0.25, 0.3) is 0 Å². The molecule has 2 nitrogen and oxygen atoms in total. The van der Waals surface area contributed by atoms with Gasteiger partial charge in [-0.25, -0.2) is 4.98 Å². The van der Waals surface area contributed by atoms with Gasteiger partial charge in [-0.15, -0.1) is 0 Å². The lowest BCUT2D eigenvalue weighted by Gasteiger charge is -2.05. The zero-order valence-corrected chi connectivity index (χ0v) is 9.32. The molecule has 2 N–H and O–H groups in total. The van der Waals surface area contributed by atoms with E-state index in [2.05, 4.69) is 31.0 Å². The van der Waals surface area contributed by atoms with E-state index in [9.17, 15) is 0 Å². The minimum Gasteiger partial charge on any atom is -0.375 e. The molecule has 14 heavy (non-hydrogen) atoms. The normalized spacial score (nSPS) is 11.0. The van der Waals surface area contributed by atoms with Gasteiger partial charge in [0.15, 0.2) is 5.13 Å². The minimum atomic E-state index is 0.669. The van der Waals surface area contributed by atoms with Crippen LogP contribution in [0.4, 0.5) is 5.13 Å². The van der Waals surface area contributed by atoms with Crippen LogP contribution in [0, 0.1) is 0 Å². The molecule has 0 bridgehead atoms. The molecule has 0 saturated carbocycles. The fourth-order valence-corrected chi connectivity index (χ4v) is 2.60. The van der Waals surface area contributed by atoms with Gasteiger partial charge in [0.2, 0.25) is 0 Å². The Balaban J connectivity index is 2.75. The Labute approximate surface area is 87.8 Å². The number of hydrogen-bond donors (Lipinski definition) is 1. The first-order valence-electron chi connectivity index (χ1n) is 4.93. The van der Waals surface area contributed by atoms with E-state index in [1.165, 1.54) is 15.8 Å². The number of fused-ring (bicyclic) bond motifs is 1. The number of anilines is 1. The minimum absolute atomic E-state index is 0.669. The number of nitrogens with zero attached hydrogens (tertiary/aromatic N) is 1. The van der Waals surface area contributed by atoms with Crippen molar-refractivity contribution in [2.45, 2.75) is 26.7 Å². The largest absolute Gasteiger partial charge is 0.375 e. The Bertz CT molecular complexity index is 460. The molecule has 74 valence electrons. The van der Waals surface area contributed by atoms with Gasteiger partial charge in [-0.05, 0) is 30.0 Å². The van der Waals surface area contributed by atoms with Gasteiger partial charge in [0, 0.05) is 0 Å². The van der Waals surface area contributed by atoms with E-state index in [1.807, 2.05) is 0 Å². The van der Waals surface area contributed by atoms with Crippen LogP contribution in [0.3, 0.4) is 0 Å². The average molecular weight is 206 g/mol. The summed E-state index contributed by atoms with van der Waals surface area (Å²) in [5, 5.41) is 0.669. The van der Waals surface area contributed by atoms with Crippen molar-refractivity contribution in [1.29, 1.82) is 0 Å². The van der Waals surface area contributed by atoms with E-state index in [-0.39, 0.29) is 0 Å². The van der Waals surface area contributed by atoms with Crippen molar-refractivity contribution in [3.63, 3.8) is 0 Å². The first-order valence-corrected chi connectivity index (χ1v) is 5.74. The monoisotopic (exact) mass is 206 g/mol. The second kappa shape index (κ2) is 3.58. The van der Waals surface area contributed by atoms with E-state index < -0.39 is 0 Å². The van der Waals surface area contributed by atoms with Crippen LogP contribution in [0.15, 0.2) is 12.1 Å². The number of nitrogen functional groups attached to an aromatic ring is 1. The van der Waals surface area contributed by atoms with Gasteiger partial charge < -0.3 is 5.73 Å². The molecule has 0 radical (unpaired) electrons. The Morgan fingerprint density at radius 3 is 2.71 bits per heavy atom. The molecular formula is C11H14N2S. The van der Waals surface area contributed by atoms with E-state index in [0.29, 0.717) is 5.13 Å². The molecule has 0 aliphatic carbocycles. The van der Waals surface area contributed by atoms with Crippen molar-refractivity contribution < 1.29 is 0 Å². The van der Waals surface area contributed by atoms with Crippen molar-refractivity contribution in [1.82, 2.24) is 4.98 Å². The molecule has 1 aromatic heterocycles. The van der Waals surface area contributed by atoms with Gasteiger partial charge in [-0.3, -0.25) is 0 Å². The molecule has 0 fully saturated rings. The van der Waals surface area contributed by atoms with Crippen LogP contribution in [-0.4, -0.2) is 4.98 Å². The highest BCUT2D eigenvalue weighted by Gasteiger charge is 2.08. The fraction of sp³-hybridized carbons (Fsp3) is 0.364. The molecule has 0 amide bonds. The van der Waals surface area contributed by atoms with E-state index in [1.54, 1.807) is 11.3 Å². The maximum atomic E-state index is 5.71. The van der Waals surface area contributed by atoms with Gasteiger partial charge in [0.05, 0.1) is 10.2 Å². The van der Waals surface area contributed by atoms with Crippen LogP contribution in [-0.2, 0) is 12.8 Å². The number of benzene rings is 1. The van der Waals surface area contributed by atoms with Crippen LogP contribution in [0.25, 0.3) is 10.2 Å². The number of thiazole rings is 1. The summed E-state index contributed by atoms with van der Waals surface area (Å²) in [5.74, 6) is 0. The van der Waals surface area contributed by atoms with Gasteiger partial charge in [-0.2, -0.15) is 0 Å². The summed E-state index contributed by atoms with van der Waals surface area (Å²) in [4.78, 5) is 4.39. The highest BCUT2D eigenvalue weighted by molar-refractivity contribution is 7.22. The van der Waals surface area contributed by atoms with Crippen molar-refractivity contribution in [3.8, 4) is 0 Å². The number of aromatic nitrogens is 1. The van der Waals surface area contributed by atoms with Crippen molar-refractivity contribution in [3.05, 3.63) is 23.3 Å². The zero-order chi connectivity index (χ0) is 10.1. The van der Waals surface area contributed by atoms with E-state index >= 15 is 0 Å². The first-order chi connectivity index (χ1) is 6.76. The molecular weight excluding hydrogens is 192 g/mol. The third kappa shape index (κ3) is 1.38. The number of nitrogens with two attached hydrogens (primary N) is 1. The quantitative estimate of drug-likeness (QED) is 0.820. The Morgan fingerprint density at radius 1 is 1.29 bits per heavy atom. The fourth-order valence-electron chi connectivity index (χ4n) is 1.83. The summed E-state index contributed by atoms with van der Waals surface area (Å²) in [5.41, 5.74) is 9.57. The van der Waals surface area contributed by atoms with E-state index in [4.69, 9.17) is 5.73 Å². The summed E-state index contributed by atoms with van der Waals surface area (Å²) in [7, 11) is 0. The molecule has 0 aliphatic rings. The van der Waals surface area contributed by atoms with Crippen molar-refractivity contribution in [2.24, 2.45) is 0 Å². The Morgan fingerprint density at radius 2 is 2.07 bits per heavy atom. The van der Waals surface area contributed by atoms with Crippen LogP contribution in [0.5, 0.6) is 0 Å². The molecule has 0 atom stereocenters. The van der Waals surface area contributed by atoms with Gasteiger partial charge >= 0.3 is 0 Å². The molecule has 2 aromatic rings. The second-order valence-electron chi connectivity index (χ2n) is 3.31. The average Bonchev–Trinajstić information content (AvgIpc) is 2.56. The lowest BCUT2D eigenvalue weighted by molar-refractivity contribution is 1.05.